The third kappa shape index (κ3) is 4.07. The van der Waals surface area contributed by atoms with Crippen LogP contribution >= 0.6 is 11.3 Å². The van der Waals surface area contributed by atoms with Crippen molar-refractivity contribution < 1.29 is 18.3 Å². The Morgan fingerprint density at radius 3 is 2.73 bits per heavy atom. The molecule has 0 bridgehead atoms. The van der Waals surface area contributed by atoms with E-state index in [9.17, 15) is 13.5 Å². The summed E-state index contributed by atoms with van der Waals surface area (Å²) in [6, 6.07) is 8.38. The maximum absolute atomic E-state index is 12.2. The van der Waals surface area contributed by atoms with Gasteiger partial charge in [0.15, 0.2) is 0 Å². The van der Waals surface area contributed by atoms with Crippen LogP contribution in [0.4, 0.5) is 0 Å². The predicted octanol–water partition coefficient (Wildman–Crippen LogP) is 2.47. The Balaban J connectivity index is 1.98. The molecule has 0 aliphatic heterocycles. The van der Waals surface area contributed by atoms with Crippen molar-refractivity contribution >= 4 is 21.4 Å². The van der Waals surface area contributed by atoms with Gasteiger partial charge in [-0.1, -0.05) is 6.07 Å². The largest absolute Gasteiger partial charge is 0.496 e. The first-order valence-corrected chi connectivity index (χ1v) is 9.16. The quantitative estimate of drug-likeness (QED) is 0.811. The molecule has 0 spiro atoms. The summed E-state index contributed by atoms with van der Waals surface area (Å²) in [6.45, 7) is 1.96. The van der Waals surface area contributed by atoms with E-state index in [1.807, 2.05) is 17.5 Å². The number of aliphatic hydroxyl groups is 1. The summed E-state index contributed by atoms with van der Waals surface area (Å²) >= 11 is 1.45. The number of ether oxygens (including phenoxy) is 1. The van der Waals surface area contributed by atoms with E-state index in [-0.39, 0.29) is 11.4 Å². The van der Waals surface area contributed by atoms with Crippen molar-refractivity contribution in [2.45, 2.75) is 24.3 Å². The zero-order chi connectivity index (χ0) is 16.2. The van der Waals surface area contributed by atoms with Gasteiger partial charge >= 0.3 is 0 Å². The van der Waals surface area contributed by atoms with Gasteiger partial charge < -0.3 is 9.84 Å². The van der Waals surface area contributed by atoms with Gasteiger partial charge in [0.25, 0.3) is 0 Å². The summed E-state index contributed by atoms with van der Waals surface area (Å²) in [6.07, 6.45) is -0.324. The minimum Gasteiger partial charge on any atom is -0.496 e. The molecule has 1 aromatic carbocycles. The summed E-state index contributed by atoms with van der Waals surface area (Å²) in [4.78, 5) is 1.02. The second-order valence-electron chi connectivity index (χ2n) is 4.85. The highest BCUT2D eigenvalue weighted by molar-refractivity contribution is 7.89. The molecule has 0 aliphatic rings. The lowest BCUT2D eigenvalue weighted by Gasteiger charge is -2.11. The van der Waals surface area contributed by atoms with Crippen molar-refractivity contribution in [3.63, 3.8) is 0 Å². The topological polar surface area (TPSA) is 75.6 Å². The summed E-state index contributed by atoms with van der Waals surface area (Å²) in [5.74, 6) is 0.645. The van der Waals surface area contributed by atoms with Gasteiger partial charge in [-0.2, -0.15) is 0 Å². The molecule has 0 saturated carbocycles. The van der Waals surface area contributed by atoms with Crippen LogP contribution < -0.4 is 9.46 Å². The minimum absolute atomic E-state index is 0.173. The van der Waals surface area contributed by atoms with Crippen LogP contribution in [0, 0.1) is 6.92 Å². The normalized spacial score (nSPS) is 13.0. The van der Waals surface area contributed by atoms with E-state index in [0.717, 1.165) is 10.4 Å². The number of aliphatic hydroxyl groups excluding tert-OH is 1. The van der Waals surface area contributed by atoms with E-state index in [2.05, 4.69) is 4.72 Å². The predicted molar refractivity (Wildman–Crippen MR) is 86.8 cm³/mol. The lowest BCUT2D eigenvalue weighted by molar-refractivity contribution is 0.173. The maximum Gasteiger partial charge on any atom is 0.240 e. The molecular weight excluding hydrogens is 322 g/mol. The van der Waals surface area contributed by atoms with Crippen molar-refractivity contribution in [2.24, 2.45) is 0 Å². The zero-order valence-electron chi connectivity index (χ0n) is 12.4. The number of hydrogen-bond donors (Lipinski definition) is 2. The second kappa shape index (κ2) is 7.23. The number of thiophene rings is 1. The Morgan fingerprint density at radius 2 is 2.14 bits per heavy atom. The van der Waals surface area contributed by atoms with E-state index in [4.69, 9.17) is 4.74 Å². The van der Waals surface area contributed by atoms with Gasteiger partial charge in [-0.05, 0) is 48.6 Å². The molecule has 22 heavy (non-hydrogen) atoms. The van der Waals surface area contributed by atoms with Crippen molar-refractivity contribution in [3.8, 4) is 5.75 Å². The van der Waals surface area contributed by atoms with Crippen LogP contribution in [-0.2, 0) is 10.0 Å². The van der Waals surface area contributed by atoms with Gasteiger partial charge in [0, 0.05) is 11.4 Å². The molecule has 0 unspecified atom stereocenters. The number of benzene rings is 1. The van der Waals surface area contributed by atoms with Crippen LogP contribution in [0.25, 0.3) is 0 Å². The molecule has 7 heteroatoms. The zero-order valence-corrected chi connectivity index (χ0v) is 14.1. The van der Waals surface area contributed by atoms with Crippen molar-refractivity contribution in [1.82, 2.24) is 4.72 Å². The molecule has 1 heterocycles. The fourth-order valence-electron chi connectivity index (χ4n) is 2.05. The average Bonchev–Trinajstić information content (AvgIpc) is 3.01. The Morgan fingerprint density at radius 1 is 1.36 bits per heavy atom. The molecule has 1 aromatic heterocycles. The highest BCUT2D eigenvalue weighted by Gasteiger charge is 2.16. The SMILES string of the molecule is COc1ccc(S(=O)(=O)NCC[C@@H](O)c2cccs2)cc1C. The van der Waals surface area contributed by atoms with Gasteiger partial charge in [-0.15, -0.1) is 11.3 Å². The third-order valence-electron chi connectivity index (χ3n) is 3.26. The maximum atomic E-state index is 12.2. The van der Waals surface area contributed by atoms with Gasteiger partial charge in [0.1, 0.15) is 5.75 Å². The number of nitrogens with one attached hydrogen (secondary N) is 1. The summed E-state index contributed by atoms with van der Waals surface area (Å²) in [7, 11) is -2.04. The summed E-state index contributed by atoms with van der Waals surface area (Å²) in [5.41, 5.74) is 0.754. The summed E-state index contributed by atoms with van der Waals surface area (Å²) < 4.78 is 32.1. The van der Waals surface area contributed by atoms with Gasteiger partial charge in [-0.3, -0.25) is 0 Å². The molecule has 0 amide bonds. The Bertz CT molecular complexity index is 711. The van der Waals surface area contributed by atoms with Crippen LogP contribution in [-0.4, -0.2) is 27.2 Å². The Kier molecular flexibility index (Phi) is 5.57. The van der Waals surface area contributed by atoms with Gasteiger partial charge in [-0.25, -0.2) is 13.1 Å². The third-order valence-corrected chi connectivity index (χ3v) is 5.69. The molecule has 1 atom stereocenters. The summed E-state index contributed by atoms with van der Waals surface area (Å²) in [5, 5.41) is 11.8. The lowest BCUT2D eigenvalue weighted by atomic mass is 10.2. The van der Waals surface area contributed by atoms with Crippen molar-refractivity contribution in [3.05, 3.63) is 46.2 Å². The highest BCUT2D eigenvalue weighted by Crippen LogP contribution is 2.23. The molecule has 120 valence electrons. The molecular formula is C15H19NO4S2. The van der Waals surface area contributed by atoms with Crippen LogP contribution in [0.2, 0.25) is 0 Å². The van der Waals surface area contributed by atoms with Gasteiger partial charge in [0.05, 0.1) is 18.1 Å². The monoisotopic (exact) mass is 341 g/mol. The Labute approximate surface area is 134 Å². The van der Waals surface area contributed by atoms with Crippen molar-refractivity contribution in [1.29, 1.82) is 0 Å². The fraction of sp³-hybridized carbons (Fsp3) is 0.333. The molecule has 2 aromatic rings. The van der Waals surface area contributed by atoms with Crippen LogP contribution in [0.5, 0.6) is 5.75 Å². The molecule has 0 aliphatic carbocycles. The van der Waals surface area contributed by atoms with Crippen LogP contribution in [0.3, 0.4) is 0 Å². The second-order valence-corrected chi connectivity index (χ2v) is 7.60. The van der Waals surface area contributed by atoms with E-state index in [1.54, 1.807) is 26.2 Å². The molecule has 0 radical (unpaired) electrons. The average molecular weight is 341 g/mol. The van der Waals surface area contributed by atoms with E-state index < -0.39 is 16.1 Å². The molecule has 2 N–H and O–H groups in total. The first-order valence-electron chi connectivity index (χ1n) is 6.80. The number of hydrogen-bond acceptors (Lipinski definition) is 5. The minimum atomic E-state index is -3.59. The van der Waals surface area contributed by atoms with E-state index in [1.165, 1.54) is 17.4 Å². The number of aryl methyl sites for hydroxylation is 1. The molecule has 5 nitrogen and oxygen atoms in total. The number of methoxy groups -OCH3 is 1. The van der Waals surface area contributed by atoms with E-state index in [0.29, 0.717) is 12.2 Å². The Hall–Kier alpha value is -1.41. The molecule has 0 saturated heterocycles. The van der Waals surface area contributed by atoms with E-state index >= 15 is 0 Å². The fourth-order valence-corrected chi connectivity index (χ4v) is 3.93. The smallest absolute Gasteiger partial charge is 0.240 e. The molecule has 0 fully saturated rings. The number of sulfonamides is 1. The molecule has 2 rings (SSSR count). The van der Waals surface area contributed by atoms with Crippen molar-refractivity contribution in [2.75, 3.05) is 13.7 Å². The van der Waals surface area contributed by atoms with Gasteiger partial charge in [0.2, 0.25) is 10.0 Å². The first kappa shape index (κ1) is 17.0. The first-order chi connectivity index (χ1) is 10.4. The van der Waals surface area contributed by atoms with Crippen LogP contribution in [0.1, 0.15) is 23.0 Å². The standard InChI is InChI=1S/C15H19NO4S2/c1-11-10-12(5-6-14(11)20-2)22(18,19)16-8-7-13(17)15-4-3-9-21-15/h3-6,9-10,13,16-17H,7-8H2,1-2H3/t13-/m1/s1. The highest BCUT2D eigenvalue weighted by atomic mass is 32.2. The number of rotatable bonds is 7. The van der Waals surface area contributed by atoms with Crippen LogP contribution in [0.15, 0.2) is 40.6 Å². The lowest BCUT2D eigenvalue weighted by Crippen LogP contribution is -2.26.